The molecule has 6 rings (SSSR count). The van der Waals surface area contributed by atoms with Crippen LogP contribution >= 0.6 is 0 Å². The highest BCUT2D eigenvalue weighted by atomic mass is 16.5. The molecule has 2 atom stereocenters. The lowest BCUT2D eigenvalue weighted by Gasteiger charge is -2.20. The highest BCUT2D eigenvalue weighted by Gasteiger charge is 2.21. The molecule has 0 spiro atoms. The van der Waals surface area contributed by atoms with Gasteiger partial charge in [-0.1, -0.05) is 104 Å². The van der Waals surface area contributed by atoms with E-state index in [1.807, 2.05) is 85.0 Å². The molecule has 0 aliphatic rings. The molecular weight excluding hydrogens is 701 g/mol. The van der Waals surface area contributed by atoms with Crippen molar-refractivity contribution in [2.75, 3.05) is 28.4 Å². The van der Waals surface area contributed by atoms with Crippen LogP contribution in [0.1, 0.15) is 75.8 Å². The van der Waals surface area contributed by atoms with Crippen molar-refractivity contribution in [1.29, 1.82) is 0 Å². The Morgan fingerprint density at radius 1 is 0.429 bits per heavy atom. The summed E-state index contributed by atoms with van der Waals surface area (Å²) in [6, 6.07) is 37.8. The van der Waals surface area contributed by atoms with Crippen molar-refractivity contribution in [2.45, 2.75) is 32.6 Å². The average Bonchev–Trinajstić information content (AvgIpc) is 3.22. The number of aryl methyl sites for hydroxylation is 1. The maximum atomic E-state index is 9.59. The van der Waals surface area contributed by atoms with E-state index < -0.39 is 0 Å². The molecule has 0 saturated carbocycles. The van der Waals surface area contributed by atoms with Gasteiger partial charge in [-0.05, 0) is 94.9 Å². The Bertz CT molecular complexity index is 2210. The van der Waals surface area contributed by atoms with Crippen molar-refractivity contribution in [1.82, 2.24) is 0 Å². The number of phenolic OH excluding ortho intramolecular Hbond substituents is 3. The van der Waals surface area contributed by atoms with Gasteiger partial charge in [0.15, 0.2) is 0 Å². The molecule has 0 heterocycles. The van der Waals surface area contributed by atoms with E-state index in [-0.39, 0.29) is 29.1 Å². The zero-order chi connectivity index (χ0) is 40.2. The van der Waals surface area contributed by atoms with Gasteiger partial charge in [0.05, 0.1) is 28.4 Å². The Balaban J connectivity index is 0.000000214. The lowest BCUT2D eigenvalue weighted by Crippen LogP contribution is -2.03. The first-order chi connectivity index (χ1) is 27.0. The van der Waals surface area contributed by atoms with Gasteiger partial charge in [-0.25, -0.2) is 0 Å². The van der Waals surface area contributed by atoms with Gasteiger partial charge >= 0.3 is 0 Å². The van der Waals surface area contributed by atoms with Gasteiger partial charge in [-0.3, -0.25) is 0 Å². The van der Waals surface area contributed by atoms with Crippen molar-refractivity contribution in [2.24, 2.45) is 0 Å². The number of ether oxygens (including phenoxy) is 4. The molecule has 0 aromatic heterocycles. The molecule has 0 saturated heterocycles. The minimum absolute atomic E-state index is 0.0425. The highest BCUT2D eigenvalue weighted by Crippen LogP contribution is 2.41. The van der Waals surface area contributed by atoms with Crippen molar-refractivity contribution in [3.63, 3.8) is 0 Å². The maximum absolute atomic E-state index is 9.59. The normalized spacial score (nSPS) is 12.1. The average molecular weight is 751 g/mol. The van der Waals surface area contributed by atoms with Crippen LogP contribution in [0.25, 0.3) is 24.3 Å². The third-order valence-corrected chi connectivity index (χ3v) is 9.72. The molecule has 7 heteroatoms. The summed E-state index contributed by atoms with van der Waals surface area (Å²) in [6.45, 7) is 6.36. The van der Waals surface area contributed by atoms with Gasteiger partial charge in [0, 0.05) is 29.0 Å². The second-order valence-electron chi connectivity index (χ2n) is 13.5. The monoisotopic (exact) mass is 750 g/mol. The van der Waals surface area contributed by atoms with Gasteiger partial charge < -0.3 is 34.3 Å². The third kappa shape index (κ3) is 10.3. The molecule has 0 radical (unpaired) electrons. The smallest absolute Gasteiger partial charge is 0.126 e. The first kappa shape index (κ1) is 40.6. The van der Waals surface area contributed by atoms with E-state index in [0.29, 0.717) is 5.75 Å². The summed E-state index contributed by atoms with van der Waals surface area (Å²) in [7, 11) is 6.65. The Morgan fingerprint density at radius 3 is 1.29 bits per heavy atom. The van der Waals surface area contributed by atoms with E-state index in [9.17, 15) is 15.3 Å². The van der Waals surface area contributed by atoms with E-state index in [1.54, 1.807) is 64.8 Å². The van der Waals surface area contributed by atoms with E-state index in [1.165, 1.54) is 11.1 Å². The number of aromatic hydroxyl groups is 3. The summed E-state index contributed by atoms with van der Waals surface area (Å²) in [5.41, 5.74) is 9.54. The largest absolute Gasteiger partial charge is 0.508 e. The Hall–Kier alpha value is -6.60. The molecule has 0 aliphatic heterocycles. The minimum Gasteiger partial charge on any atom is -0.508 e. The molecule has 0 fully saturated rings. The topological polar surface area (TPSA) is 97.6 Å². The number of hydrogen-bond acceptors (Lipinski definition) is 7. The summed E-state index contributed by atoms with van der Waals surface area (Å²) in [4.78, 5) is 0. The molecule has 0 aliphatic carbocycles. The third-order valence-electron chi connectivity index (χ3n) is 9.72. The number of methoxy groups -OCH3 is 4. The van der Waals surface area contributed by atoms with Crippen LogP contribution in [-0.2, 0) is 0 Å². The molecule has 56 heavy (non-hydrogen) atoms. The van der Waals surface area contributed by atoms with Crippen molar-refractivity contribution < 1.29 is 34.3 Å². The fraction of sp³-hybridized carbons (Fsp3) is 0.184. The molecule has 2 unspecified atom stereocenters. The molecule has 288 valence electrons. The van der Waals surface area contributed by atoms with Crippen molar-refractivity contribution >= 4 is 24.3 Å². The predicted octanol–water partition coefficient (Wildman–Crippen LogP) is 11.5. The van der Waals surface area contributed by atoms with Crippen LogP contribution in [0.2, 0.25) is 0 Å². The predicted molar refractivity (Wildman–Crippen MR) is 227 cm³/mol. The Morgan fingerprint density at radius 2 is 0.821 bits per heavy atom. The Kier molecular flexibility index (Phi) is 13.9. The molecule has 6 aromatic carbocycles. The minimum atomic E-state index is 0.0425. The second kappa shape index (κ2) is 19.1. The molecule has 7 nitrogen and oxygen atoms in total. The van der Waals surface area contributed by atoms with E-state index >= 15 is 0 Å². The quantitative estimate of drug-likeness (QED) is 0.107. The molecule has 3 N–H and O–H groups in total. The molecule has 6 aromatic rings. The van der Waals surface area contributed by atoms with Crippen molar-refractivity contribution in [3.05, 3.63) is 171 Å². The van der Waals surface area contributed by atoms with Crippen LogP contribution in [0.3, 0.4) is 0 Å². The van der Waals surface area contributed by atoms with Gasteiger partial charge in [0.2, 0.25) is 0 Å². The summed E-state index contributed by atoms with van der Waals surface area (Å²) < 4.78 is 22.5. The van der Waals surface area contributed by atoms with E-state index in [4.69, 9.17) is 18.9 Å². The lowest BCUT2D eigenvalue weighted by atomic mass is 9.88. The van der Waals surface area contributed by atoms with E-state index in [2.05, 4.69) is 45.0 Å². The van der Waals surface area contributed by atoms with Gasteiger partial charge in [-0.2, -0.15) is 0 Å². The van der Waals surface area contributed by atoms with Crippen LogP contribution in [0.15, 0.2) is 121 Å². The van der Waals surface area contributed by atoms with Crippen molar-refractivity contribution in [3.8, 4) is 40.2 Å². The first-order valence-electron chi connectivity index (χ1n) is 18.3. The van der Waals surface area contributed by atoms with Gasteiger partial charge in [0.25, 0.3) is 0 Å². The van der Waals surface area contributed by atoms with E-state index in [0.717, 1.165) is 56.2 Å². The maximum Gasteiger partial charge on any atom is 0.126 e. The Labute approximate surface area is 330 Å². The van der Waals surface area contributed by atoms with Crippen LogP contribution in [0.5, 0.6) is 40.2 Å². The second-order valence-corrected chi connectivity index (χ2v) is 13.5. The van der Waals surface area contributed by atoms with Crippen LogP contribution in [-0.4, -0.2) is 43.8 Å². The highest BCUT2D eigenvalue weighted by molar-refractivity contribution is 5.75. The van der Waals surface area contributed by atoms with Crippen LogP contribution in [0, 0.1) is 6.92 Å². The molecule has 0 bridgehead atoms. The molecule has 0 amide bonds. The van der Waals surface area contributed by atoms with Gasteiger partial charge in [0.1, 0.15) is 40.2 Å². The summed E-state index contributed by atoms with van der Waals surface area (Å²) in [5.74, 6) is 3.98. The standard InChI is InChI=1S/C25H26O3.C24H24O4/c1-17-5-11-21(12-6-17)18(2)25-23(27-3)15-20(16-24(25)28-4)8-7-19-9-13-22(26)14-10-19;1-16(18-8-12-21(26)13-9-18)24-19(14-22(27-2)15-23(24)28-3)7-4-17-5-10-20(25)11-6-17/h5-16,18,26H,1-4H3;4-16,25-26H,1-3H3/b8-7+;7-4+. The number of hydrogen-bond donors (Lipinski definition) is 3. The summed E-state index contributed by atoms with van der Waals surface area (Å²) in [5, 5.41) is 28.5. The zero-order valence-corrected chi connectivity index (χ0v) is 33.0. The van der Waals surface area contributed by atoms with Crippen LogP contribution < -0.4 is 18.9 Å². The number of benzene rings is 6. The van der Waals surface area contributed by atoms with Crippen LogP contribution in [0.4, 0.5) is 0 Å². The SMILES string of the molecule is COc1cc(/C=C/c2ccc(O)cc2)c(C(C)c2ccc(O)cc2)c(OC)c1.COc1cc(/C=C/c2ccc(O)cc2)cc(OC)c1C(C)c1ccc(C)cc1. The zero-order valence-electron chi connectivity index (χ0n) is 33.0. The number of rotatable bonds is 12. The first-order valence-corrected chi connectivity index (χ1v) is 18.3. The lowest BCUT2D eigenvalue weighted by molar-refractivity contribution is 0.383. The fourth-order valence-corrected chi connectivity index (χ4v) is 6.49. The number of phenols is 3. The summed E-state index contributed by atoms with van der Waals surface area (Å²) in [6.07, 6.45) is 8.01. The molecular formula is C49H50O7. The van der Waals surface area contributed by atoms with Gasteiger partial charge in [-0.15, -0.1) is 0 Å². The summed E-state index contributed by atoms with van der Waals surface area (Å²) >= 11 is 0. The fourth-order valence-electron chi connectivity index (χ4n) is 6.49.